The van der Waals surface area contributed by atoms with Crippen LogP contribution in [0.1, 0.15) is 18.1 Å². The van der Waals surface area contributed by atoms with E-state index in [2.05, 4.69) is 15.4 Å². The molecule has 0 aliphatic heterocycles. The molecule has 134 valence electrons. The van der Waals surface area contributed by atoms with Gasteiger partial charge in [0.2, 0.25) is 0 Å². The van der Waals surface area contributed by atoms with Crippen molar-refractivity contribution >= 4 is 11.7 Å². The molecule has 0 heterocycles. The van der Waals surface area contributed by atoms with Crippen molar-refractivity contribution in [3.63, 3.8) is 0 Å². The minimum atomic E-state index is -2.92. The molecule has 0 fully saturated rings. The lowest BCUT2D eigenvalue weighted by atomic mass is 10.2. The van der Waals surface area contributed by atoms with Gasteiger partial charge in [0.05, 0.1) is 6.61 Å². The molecule has 0 bridgehead atoms. The maximum atomic E-state index is 12.4. The molecule has 0 aliphatic carbocycles. The third-order valence-electron chi connectivity index (χ3n) is 3.36. The molecule has 0 aromatic heterocycles. The smallest absolute Gasteiger partial charge is 0.387 e. The van der Waals surface area contributed by atoms with Crippen molar-refractivity contribution in [3.8, 4) is 5.75 Å². The Morgan fingerprint density at radius 1 is 1.08 bits per heavy atom. The number of para-hydroxylation sites is 2. The maximum absolute atomic E-state index is 12.4. The Balaban J connectivity index is 1.96. The third kappa shape index (κ3) is 6.04. The van der Waals surface area contributed by atoms with Crippen LogP contribution in [-0.2, 0) is 17.9 Å². The van der Waals surface area contributed by atoms with Crippen LogP contribution in [0.15, 0.2) is 48.5 Å². The number of anilines is 1. The Bertz CT molecular complexity index is 696. The first-order valence-electron chi connectivity index (χ1n) is 7.83. The Kier molecular flexibility index (Phi) is 7.16. The van der Waals surface area contributed by atoms with Crippen LogP contribution < -0.4 is 15.4 Å². The Labute approximate surface area is 144 Å². The zero-order valence-corrected chi connectivity index (χ0v) is 13.8. The minimum absolute atomic E-state index is 0.0366. The molecule has 25 heavy (non-hydrogen) atoms. The Morgan fingerprint density at radius 3 is 2.48 bits per heavy atom. The average molecular weight is 350 g/mol. The van der Waals surface area contributed by atoms with Crippen molar-refractivity contribution in [1.29, 1.82) is 0 Å². The topological polar surface area (TPSA) is 59.6 Å². The second-order valence-electron chi connectivity index (χ2n) is 5.09. The van der Waals surface area contributed by atoms with Gasteiger partial charge in [0, 0.05) is 30.0 Å². The van der Waals surface area contributed by atoms with Gasteiger partial charge < -0.3 is 20.1 Å². The molecule has 0 atom stereocenters. The number of halogens is 2. The standard InChI is InChI=1S/C18H20F2N2O3/c1-2-24-12-14-8-3-5-9-15(14)22-18(23)21-11-13-7-4-6-10-16(13)25-17(19)20/h3-10,17H,2,11-12H2,1H3,(H2,21,22,23). The highest BCUT2D eigenvalue weighted by Crippen LogP contribution is 2.20. The second kappa shape index (κ2) is 9.58. The van der Waals surface area contributed by atoms with Crippen LogP contribution in [0.5, 0.6) is 5.75 Å². The van der Waals surface area contributed by atoms with E-state index < -0.39 is 12.6 Å². The van der Waals surface area contributed by atoms with Gasteiger partial charge in [-0.1, -0.05) is 36.4 Å². The van der Waals surface area contributed by atoms with Gasteiger partial charge in [-0.3, -0.25) is 0 Å². The van der Waals surface area contributed by atoms with Crippen LogP contribution >= 0.6 is 0 Å². The fourth-order valence-electron chi connectivity index (χ4n) is 2.18. The summed E-state index contributed by atoms with van der Waals surface area (Å²) in [6, 6.07) is 13.1. The summed E-state index contributed by atoms with van der Waals surface area (Å²) in [7, 11) is 0. The molecule has 2 N–H and O–H groups in total. The summed E-state index contributed by atoms with van der Waals surface area (Å²) >= 11 is 0. The fraction of sp³-hybridized carbons (Fsp3) is 0.278. The minimum Gasteiger partial charge on any atom is -0.434 e. The predicted molar refractivity (Wildman–Crippen MR) is 90.7 cm³/mol. The van der Waals surface area contributed by atoms with Crippen molar-refractivity contribution in [2.24, 2.45) is 0 Å². The predicted octanol–water partition coefficient (Wildman–Crippen LogP) is 4.15. The first-order chi connectivity index (χ1) is 12.1. The number of hydrogen-bond acceptors (Lipinski definition) is 3. The van der Waals surface area contributed by atoms with Crippen LogP contribution in [0.2, 0.25) is 0 Å². The number of benzene rings is 2. The zero-order valence-electron chi connectivity index (χ0n) is 13.8. The van der Waals surface area contributed by atoms with Crippen molar-refractivity contribution in [2.75, 3.05) is 11.9 Å². The molecule has 7 heteroatoms. The number of rotatable bonds is 8. The monoisotopic (exact) mass is 350 g/mol. The van der Waals surface area contributed by atoms with Gasteiger partial charge in [0.1, 0.15) is 5.75 Å². The summed E-state index contributed by atoms with van der Waals surface area (Å²) in [5.41, 5.74) is 1.94. The van der Waals surface area contributed by atoms with Gasteiger partial charge in [-0.15, -0.1) is 0 Å². The quantitative estimate of drug-likeness (QED) is 0.752. The molecule has 2 aromatic carbocycles. The van der Waals surface area contributed by atoms with E-state index in [4.69, 9.17) is 4.74 Å². The van der Waals surface area contributed by atoms with Crippen LogP contribution in [0.4, 0.5) is 19.3 Å². The van der Waals surface area contributed by atoms with Gasteiger partial charge in [0.15, 0.2) is 0 Å². The van der Waals surface area contributed by atoms with Gasteiger partial charge in [-0.05, 0) is 19.1 Å². The van der Waals surface area contributed by atoms with E-state index in [9.17, 15) is 13.6 Å². The van der Waals surface area contributed by atoms with E-state index in [0.29, 0.717) is 24.5 Å². The summed E-state index contributed by atoms with van der Waals surface area (Å²) in [6.45, 7) is -0.0100. The van der Waals surface area contributed by atoms with Gasteiger partial charge >= 0.3 is 12.6 Å². The number of nitrogens with one attached hydrogen (secondary N) is 2. The van der Waals surface area contributed by atoms with E-state index in [0.717, 1.165) is 5.56 Å². The number of alkyl halides is 2. The maximum Gasteiger partial charge on any atom is 0.387 e. The van der Waals surface area contributed by atoms with Crippen LogP contribution in [0, 0.1) is 0 Å². The molecular weight excluding hydrogens is 330 g/mol. The summed E-state index contributed by atoms with van der Waals surface area (Å²) in [5, 5.41) is 5.36. The molecule has 2 amide bonds. The summed E-state index contributed by atoms with van der Waals surface area (Å²) < 4.78 is 34.6. The first-order valence-corrected chi connectivity index (χ1v) is 7.83. The molecule has 0 unspecified atom stereocenters. The average Bonchev–Trinajstić information content (AvgIpc) is 2.60. The summed E-state index contributed by atoms with van der Waals surface area (Å²) in [6.07, 6.45) is 0. The molecular formula is C18H20F2N2O3. The Hall–Kier alpha value is -2.67. The Morgan fingerprint density at radius 2 is 1.76 bits per heavy atom. The molecule has 0 saturated carbocycles. The number of carbonyl (C=O) groups is 1. The number of ether oxygens (including phenoxy) is 2. The molecule has 0 spiro atoms. The lowest BCUT2D eigenvalue weighted by Crippen LogP contribution is -2.29. The molecule has 0 radical (unpaired) electrons. The second-order valence-corrected chi connectivity index (χ2v) is 5.09. The molecule has 0 aliphatic rings. The lowest BCUT2D eigenvalue weighted by Gasteiger charge is -2.13. The number of amides is 2. The van der Waals surface area contributed by atoms with E-state index in [1.54, 1.807) is 30.3 Å². The van der Waals surface area contributed by atoms with Gasteiger partial charge in [-0.25, -0.2) is 4.79 Å². The lowest BCUT2D eigenvalue weighted by molar-refractivity contribution is -0.0504. The van der Waals surface area contributed by atoms with Crippen molar-refractivity contribution in [3.05, 3.63) is 59.7 Å². The molecule has 2 aromatic rings. The van der Waals surface area contributed by atoms with E-state index >= 15 is 0 Å². The molecule has 5 nitrogen and oxygen atoms in total. The highest BCUT2D eigenvalue weighted by molar-refractivity contribution is 5.90. The normalized spacial score (nSPS) is 10.6. The molecule has 2 rings (SSSR count). The highest BCUT2D eigenvalue weighted by Gasteiger charge is 2.11. The van der Waals surface area contributed by atoms with E-state index in [1.165, 1.54) is 6.07 Å². The van der Waals surface area contributed by atoms with Gasteiger partial charge in [0.25, 0.3) is 0 Å². The largest absolute Gasteiger partial charge is 0.434 e. The first kappa shape index (κ1) is 18.7. The summed E-state index contributed by atoms with van der Waals surface area (Å²) in [4.78, 5) is 12.1. The number of carbonyl (C=O) groups excluding carboxylic acids is 1. The van der Waals surface area contributed by atoms with Crippen molar-refractivity contribution < 1.29 is 23.0 Å². The van der Waals surface area contributed by atoms with Crippen LogP contribution in [-0.4, -0.2) is 19.2 Å². The van der Waals surface area contributed by atoms with Crippen molar-refractivity contribution in [2.45, 2.75) is 26.7 Å². The number of hydrogen-bond donors (Lipinski definition) is 2. The molecule has 0 saturated heterocycles. The number of urea groups is 1. The van der Waals surface area contributed by atoms with E-state index in [1.807, 2.05) is 19.1 Å². The van der Waals surface area contributed by atoms with Gasteiger partial charge in [-0.2, -0.15) is 8.78 Å². The van der Waals surface area contributed by atoms with E-state index in [-0.39, 0.29) is 12.3 Å². The summed E-state index contributed by atoms with van der Waals surface area (Å²) in [5.74, 6) is 0.0366. The zero-order chi connectivity index (χ0) is 18.1. The van der Waals surface area contributed by atoms with Crippen LogP contribution in [0.25, 0.3) is 0 Å². The highest BCUT2D eigenvalue weighted by atomic mass is 19.3. The van der Waals surface area contributed by atoms with Crippen LogP contribution in [0.3, 0.4) is 0 Å². The third-order valence-corrected chi connectivity index (χ3v) is 3.36. The van der Waals surface area contributed by atoms with Crippen molar-refractivity contribution in [1.82, 2.24) is 5.32 Å². The fourth-order valence-corrected chi connectivity index (χ4v) is 2.18. The SMILES string of the molecule is CCOCc1ccccc1NC(=O)NCc1ccccc1OC(F)F.